The number of anilines is 1. The standard InChI is InChI=1S/C14H16N2O2/c1-18-10-2-3-11-12(4-7-15-13(11)8-10)16-9-14(17)5-6-14/h2-4,7-8,17H,5-6,9H2,1H3,(H,15,16). The summed E-state index contributed by atoms with van der Waals surface area (Å²) in [6, 6.07) is 7.74. The maximum Gasteiger partial charge on any atom is 0.121 e. The van der Waals surface area contributed by atoms with E-state index in [1.165, 1.54) is 0 Å². The summed E-state index contributed by atoms with van der Waals surface area (Å²) in [5.74, 6) is 0.799. The minimum Gasteiger partial charge on any atom is -0.497 e. The van der Waals surface area contributed by atoms with Crippen LogP contribution in [0.1, 0.15) is 12.8 Å². The van der Waals surface area contributed by atoms with Crippen molar-refractivity contribution in [3.63, 3.8) is 0 Å². The number of pyridine rings is 1. The molecule has 4 heteroatoms. The molecule has 1 heterocycles. The van der Waals surface area contributed by atoms with E-state index in [0.29, 0.717) is 6.54 Å². The zero-order chi connectivity index (χ0) is 12.6. The fraction of sp³-hybridized carbons (Fsp3) is 0.357. The van der Waals surface area contributed by atoms with E-state index in [1.54, 1.807) is 13.3 Å². The van der Waals surface area contributed by atoms with Gasteiger partial charge in [0.25, 0.3) is 0 Å². The normalized spacial score (nSPS) is 16.6. The lowest BCUT2D eigenvalue weighted by Crippen LogP contribution is -2.20. The number of aliphatic hydroxyl groups is 1. The van der Waals surface area contributed by atoms with Gasteiger partial charge in [0.2, 0.25) is 0 Å². The van der Waals surface area contributed by atoms with Crippen molar-refractivity contribution in [3.05, 3.63) is 30.5 Å². The summed E-state index contributed by atoms with van der Waals surface area (Å²) in [5.41, 5.74) is 1.40. The van der Waals surface area contributed by atoms with Crippen LogP contribution in [0.5, 0.6) is 5.75 Å². The van der Waals surface area contributed by atoms with Crippen LogP contribution in [0.4, 0.5) is 5.69 Å². The van der Waals surface area contributed by atoms with Crippen LogP contribution in [-0.4, -0.2) is 29.3 Å². The third kappa shape index (κ3) is 2.11. The lowest BCUT2D eigenvalue weighted by Gasteiger charge is -2.13. The average molecular weight is 244 g/mol. The fourth-order valence-electron chi connectivity index (χ4n) is 1.99. The Balaban J connectivity index is 1.91. The predicted molar refractivity (Wildman–Crippen MR) is 71.0 cm³/mol. The molecule has 2 N–H and O–H groups in total. The lowest BCUT2D eigenvalue weighted by molar-refractivity contribution is 0.164. The molecular weight excluding hydrogens is 228 g/mol. The molecule has 0 bridgehead atoms. The molecule has 1 aromatic carbocycles. The summed E-state index contributed by atoms with van der Waals surface area (Å²) in [6.07, 6.45) is 3.54. The van der Waals surface area contributed by atoms with Crippen LogP contribution in [0, 0.1) is 0 Å². The molecule has 2 aromatic rings. The van der Waals surface area contributed by atoms with Crippen LogP contribution in [0.25, 0.3) is 10.9 Å². The number of nitrogens with zero attached hydrogens (tertiary/aromatic N) is 1. The van der Waals surface area contributed by atoms with Gasteiger partial charge in [-0.15, -0.1) is 0 Å². The molecular formula is C14H16N2O2. The first kappa shape index (κ1) is 11.3. The van der Waals surface area contributed by atoms with Crippen molar-refractivity contribution in [3.8, 4) is 5.75 Å². The van der Waals surface area contributed by atoms with E-state index in [-0.39, 0.29) is 0 Å². The highest BCUT2D eigenvalue weighted by Gasteiger charge is 2.39. The Labute approximate surface area is 106 Å². The summed E-state index contributed by atoms with van der Waals surface area (Å²) >= 11 is 0. The number of hydrogen-bond donors (Lipinski definition) is 2. The maximum absolute atomic E-state index is 9.85. The SMILES string of the molecule is COc1ccc2c(NCC3(O)CC3)ccnc2c1. The van der Waals surface area contributed by atoms with Crippen LogP contribution in [0.3, 0.4) is 0 Å². The largest absolute Gasteiger partial charge is 0.497 e. The second kappa shape index (κ2) is 4.14. The fourth-order valence-corrected chi connectivity index (χ4v) is 1.99. The van der Waals surface area contributed by atoms with Gasteiger partial charge in [-0.3, -0.25) is 4.98 Å². The highest BCUT2D eigenvalue weighted by Crippen LogP contribution is 2.35. The Morgan fingerprint density at radius 2 is 2.22 bits per heavy atom. The maximum atomic E-state index is 9.85. The smallest absolute Gasteiger partial charge is 0.121 e. The van der Waals surface area contributed by atoms with Crippen LogP contribution in [-0.2, 0) is 0 Å². The molecule has 0 spiro atoms. The molecule has 1 saturated carbocycles. The molecule has 1 aliphatic rings. The number of fused-ring (bicyclic) bond motifs is 1. The van der Waals surface area contributed by atoms with E-state index < -0.39 is 5.60 Å². The third-order valence-electron chi connectivity index (χ3n) is 3.38. The van der Waals surface area contributed by atoms with E-state index in [1.807, 2.05) is 24.3 Å². The Hall–Kier alpha value is -1.81. The van der Waals surface area contributed by atoms with Crippen molar-refractivity contribution in [2.24, 2.45) is 0 Å². The zero-order valence-corrected chi connectivity index (χ0v) is 10.3. The Morgan fingerprint density at radius 1 is 1.39 bits per heavy atom. The number of rotatable bonds is 4. The van der Waals surface area contributed by atoms with Gasteiger partial charge in [0.15, 0.2) is 0 Å². The molecule has 0 unspecified atom stereocenters. The molecule has 0 amide bonds. The van der Waals surface area contributed by atoms with Gasteiger partial charge in [0, 0.05) is 29.9 Å². The summed E-state index contributed by atoms with van der Waals surface area (Å²) < 4.78 is 5.19. The molecule has 1 aromatic heterocycles. The van der Waals surface area contributed by atoms with Crippen LogP contribution in [0.15, 0.2) is 30.5 Å². The predicted octanol–water partition coefficient (Wildman–Crippen LogP) is 2.18. The number of ether oxygens (including phenoxy) is 1. The highest BCUT2D eigenvalue weighted by molar-refractivity contribution is 5.91. The van der Waals surface area contributed by atoms with E-state index in [4.69, 9.17) is 4.74 Å². The van der Waals surface area contributed by atoms with Gasteiger partial charge in [-0.2, -0.15) is 0 Å². The van der Waals surface area contributed by atoms with Gasteiger partial charge in [0.1, 0.15) is 5.75 Å². The van der Waals surface area contributed by atoms with Crippen LogP contribution < -0.4 is 10.1 Å². The first-order chi connectivity index (χ1) is 8.70. The van der Waals surface area contributed by atoms with Crippen LogP contribution >= 0.6 is 0 Å². The van der Waals surface area contributed by atoms with Gasteiger partial charge in [0.05, 0.1) is 18.2 Å². The Bertz CT molecular complexity index is 579. The molecule has 0 aliphatic heterocycles. The first-order valence-electron chi connectivity index (χ1n) is 6.09. The van der Waals surface area contributed by atoms with E-state index in [9.17, 15) is 5.11 Å². The molecule has 1 aliphatic carbocycles. The van der Waals surface area contributed by atoms with Crippen molar-refractivity contribution in [2.45, 2.75) is 18.4 Å². The third-order valence-corrected chi connectivity index (χ3v) is 3.38. The van der Waals surface area contributed by atoms with Gasteiger partial charge in [-0.25, -0.2) is 0 Å². The molecule has 0 atom stereocenters. The van der Waals surface area contributed by atoms with Crippen LogP contribution in [0.2, 0.25) is 0 Å². The van der Waals surface area contributed by atoms with E-state index in [2.05, 4.69) is 10.3 Å². The average Bonchev–Trinajstić information content (AvgIpc) is 3.14. The minimum atomic E-state index is -0.498. The molecule has 94 valence electrons. The number of methoxy groups -OCH3 is 1. The van der Waals surface area contributed by atoms with Gasteiger partial charge in [-0.05, 0) is 31.0 Å². The lowest BCUT2D eigenvalue weighted by atomic mass is 10.1. The van der Waals surface area contributed by atoms with Crippen molar-refractivity contribution < 1.29 is 9.84 Å². The number of benzene rings is 1. The van der Waals surface area contributed by atoms with Gasteiger partial charge >= 0.3 is 0 Å². The molecule has 1 fully saturated rings. The second-order valence-electron chi connectivity index (χ2n) is 4.82. The number of aromatic nitrogens is 1. The van der Waals surface area contributed by atoms with Crippen molar-refractivity contribution in [1.82, 2.24) is 4.98 Å². The van der Waals surface area contributed by atoms with Crippen molar-refractivity contribution >= 4 is 16.6 Å². The number of hydrogen-bond acceptors (Lipinski definition) is 4. The monoisotopic (exact) mass is 244 g/mol. The minimum absolute atomic E-state index is 0.498. The molecule has 18 heavy (non-hydrogen) atoms. The Kier molecular flexibility index (Phi) is 2.59. The first-order valence-corrected chi connectivity index (χ1v) is 6.09. The molecule has 3 rings (SSSR count). The van der Waals surface area contributed by atoms with Gasteiger partial charge in [-0.1, -0.05) is 0 Å². The second-order valence-corrected chi connectivity index (χ2v) is 4.82. The summed E-state index contributed by atoms with van der Waals surface area (Å²) in [6.45, 7) is 0.595. The Morgan fingerprint density at radius 3 is 2.94 bits per heavy atom. The molecule has 0 saturated heterocycles. The topological polar surface area (TPSA) is 54.4 Å². The highest BCUT2D eigenvalue weighted by atomic mass is 16.5. The summed E-state index contributed by atoms with van der Waals surface area (Å²) in [5, 5.41) is 14.2. The van der Waals surface area contributed by atoms with Gasteiger partial charge < -0.3 is 15.2 Å². The molecule has 4 nitrogen and oxygen atoms in total. The summed E-state index contributed by atoms with van der Waals surface area (Å²) in [7, 11) is 1.64. The quantitative estimate of drug-likeness (QED) is 0.865. The molecule has 0 radical (unpaired) electrons. The van der Waals surface area contributed by atoms with E-state index >= 15 is 0 Å². The number of nitrogens with one attached hydrogen (secondary N) is 1. The zero-order valence-electron chi connectivity index (χ0n) is 10.3. The van der Waals surface area contributed by atoms with E-state index in [0.717, 1.165) is 35.2 Å². The summed E-state index contributed by atoms with van der Waals surface area (Å²) in [4.78, 5) is 4.33. The van der Waals surface area contributed by atoms with Crippen molar-refractivity contribution in [1.29, 1.82) is 0 Å². The van der Waals surface area contributed by atoms with Crippen molar-refractivity contribution in [2.75, 3.05) is 19.0 Å².